The van der Waals surface area contributed by atoms with E-state index < -0.39 is 48.6 Å². The van der Waals surface area contributed by atoms with Gasteiger partial charge in [0.1, 0.15) is 12.2 Å². The fraction of sp³-hybridized carbons (Fsp3) is 0.944. The van der Waals surface area contributed by atoms with Gasteiger partial charge in [-0.05, 0) is 25.2 Å². The second kappa shape index (κ2) is 8.18. The Morgan fingerprint density at radius 3 is 2.23 bits per heavy atom. The van der Waals surface area contributed by atoms with Crippen LogP contribution in [0.5, 0.6) is 0 Å². The van der Waals surface area contributed by atoms with Crippen LogP contribution >= 0.6 is 0 Å². The van der Waals surface area contributed by atoms with Gasteiger partial charge in [0.05, 0.1) is 42.5 Å². The van der Waals surface area contributed by atoms with E-state index in [2.05, 4.69) is 0 Å². The zero-order valence-electron chi connectivity index (χ0n) is 15.5. The first-order chi connectivity index (χ1) is 12.4. The summed E-state index contributed by atoms with van der Waals surface area (Å²) < 4.78 is 22.5. The quantitative estimate of drug-likeness (QED) is 0.590. The minimum atomic E-state index is -0.993. The lowest BCUT2D eigenvalue weighted by Gasteiger charge is -2.50. The molecule has 150 valence electrons. The van der Waals surface area contributed by atoms with Crippen LogP contribution in [-0.4, -0.2) is 91.3 Å². The maximum atomic E-state index is 13.1. The predicted molar refractivity (Wildman–Crippen MR) is 89.5 cm³/mol. The molecular formula is C18H30O8. The second-order valence-electron chi connectivity index (χ2n) is 7.64. The maximum absolute atomic E-state index is 13.1. The normalized spacial score (nSPS) is 49.7. The Morgan fingerprint density at radius 2 is 1.62 bits per heavy atom. The van der Waals surface area contributed by atoms with Crippen molar-refractivity contribution in [1.29, 1.82) is 0 Å². The predicted octanol–water partition coefficient (Wildman–Crippen LogP) is -0.729. The van der Waals surface area contributed by atoms with E-state index in [9.17, 15) is 20.1 Å². The third-order valence-corrected chi connectivity index (χ3v) is 6.27. The zero-order chi connectivity index (χ0) is 19.0. The van der Waals surface area contributed by atoms with E-state index in [0.29, 0.717) is 19.3 Å². The highest BCUT2D eigenvalue weighted by Crippen LogP contribution is 2.41. The number of carbonyl (C=O) groups is 1. The van der Waals surface area contributed by atoms with Gasteiger partial charge in [-0.25, -0.2) is 0 Å². The average molecular weight is 374 g/mol. The second-order valence-corrected chi connectivity index (χ2v) is 7.64. The fourth-order valence-electron chi connectivity index (χ4n) is 4.88. The van der Waals surface area contributed by atoms with Gasteiger partial charge in [-0.15, -0.1) is 0 Å². The monoisotopic (exact) mass is 374 g/mol. The van der Waals surface area contributed by atoms with Crippen molar-refractivity contribution in [2.75, 3.05) is 21.3 Å². The first-order valence-corrected chi connectivity index (χ1v) is 9.24. The van der Waals surface area contributed by atoms with Crippen molar-refractivity contribution in [1.82, 2.24) is 0 Å². The zero-order valence-corrected chi connectivity index (χ0v) is 15.5. The van der Waals surface area contributed by atoms with Crippen molar-refractivity contribution in [2.24, 2.45) is 11.8 Å². The SMILES string of the molecule is COC1CC(C2OC3C(OC)C(O)CC(O)C3C(=O)C2OC)CCC1O. The van der Waals surface area contributed by atoms with Gasteiger partial charge in [-0.2, -0.15) is 0 Å². The summed E-state index contributed by atoms with van der Waals surface area (Å²) in [7, 11) is 4.48. The number of rotatable bonds is 4. The van der Waals surface area contributed by atoms with Crippen LogP contribution in [-0.2, 0) is 23.7 Å². The van der Waals surface area contributed by atoms with Crippen LogP contribution in [0.4, 0.5) is 0 Å². The fourth-order valence-corrected chi connectivity index (χ4v) is 4.88. The molecular weight excluding hydrogens is 344 g/mol. The van der Waals surface area contributed by atoms with Gasteiger partial charge >= 0.3 is 0 Å². The smallest absolute Gasteiger partial charge is 0.172 e. The van der Waals surface area contributed by atoms with Crippen molar-refractivity contribution in [3.63, 3.8) is 0 Å². The van der Waals surface area contributed by atoms with Gasteiger partial charge in [0, 0.05) is 27.8 Å². The van der Waals surface area contributed by atoms with Crippen LogP contribution in [0.25, 0.3) is 0 Å². The van der Waals surface area contributed by atoms with Gasteiger partial charge in [0.15, 0.2) is 5.78 Å². The largest absolute Gasteiger partial charge is 0.392 e. The molecule has 0 aromatic rings. The van der Waals surface area contributed by atoms with Crippen LogP contribution in [0.3, 0.4) is 0 Å². The van der Waals surface area contributed by atoms with Crippen LogP contribution in [0.2, 0.25) is 0 Å². The van der Waals surface area contributed by atoms with Crippen LogP contribution in [0, 0.1) is 11.8 Å². The number of ketones is 1. The molecule has 26 heavy (non-hydrogen) atoms. The van der Waals surface area contributed by atoms with E-state index >= 15 is 0 Å². The summed E-state index contributed by atoms with van der Waals surface area (Å²) in [5, 5.41) is 30.6. The van der Waals surface area contributed by atoms with Gasteiger partial charge in [0.2, 0.25) is 0 Å². The molecule has 8 nitrogen and oxygen atoms in total. The van der Waals surface area contributed by atoms with Crippen molar-refractivity contribution >= 4 is 5.78 Å². The summed E-state index contributed by atoms with van der Waals surface area (Å²) >= 11 is 0. The van der Waals surface area contributed by atoms with Crippen LogP contribution < -0.4 is 0 Å². The number of fused-ring (bicyclic) bond motifs is 1. The lowest BCUT2D eigenvalue weighted by Crippen LogP contribution is -2.66. The van der Waals surface area contributed by atoms with E-state index in [0.717, 1.165) is 0 Å². The average Bonchev–Trinajstić information content (AvgIpc) is 2.61. The highest BCUT2D eigenvalue weighted by atomic mass is 16.6. The number of hydrogen-bond donors (Lipinski definition) is 3. The molecule has 0 bridgehead atoms. The number of hydrogen-bond acceptors (Lipinski definition) is 8. The number of aliphatic hydroxyl groups is 3. The molecule has 1 heterocycles. The van der Waals surface area contributed by atoms with Crippen molar-refractivity contribution in [3.05, 3.63) is 0 Å². The van der Waals surface area contributed by atoms with Crippen LogP contribution in [0.15, 0.2) is 0 Å². The Labute approximate surface area is 153 Å². The Bertz CT molecular complexity index is 500. The molecule has 3 aliphatic rings. The summed E-state index contributed by atoms with van der Waals surface area (Å²) in [6.45, 7) is 0. The van der Waals surface area contributed by atoms with E-state index in [4.69, 9.17) is 18.9 Å². The number of aliphatic hydroxyl groups excluding tert-OH is 3. The topological polar surface area (TPSA) is 115 Å². The molecule has 2 aliphatic carbocycles. The molecule has 0 radical (unpaired) electrons. The molecule has 0 amide bonds. The highest BCUT2D eigenvalue weighted by Gasteiger charge is 2.57. The van der Waals surface area contributed by atoms with Gasteiger partial charge in [-0.1, -0.05) is 0 Å². The summed E-state index contributed by atoms with van der Waals surface area (Å²) in [5.41, 5.74) is 0. The molecule has 1 saturated heterocycles. The van der Waals surface area contributed by atoms with E-state index in [1.54, 1.807) is 7.11 Å². The molecule has 1 aliphatic heterocycles. The van der Waals surface area contributed by atoms with Gasteiger partial charge in [-0.3, -0.25) is 4.79 Å². The number of Topliss-reactive ketones (excluding diaryl/α,β-unsaturated/α-hetero) is 1. The molecule has 0 aromatic heterocycles. The number of methoxy groups -OCH3 is 3. The molecule has 3 fully saturated rings. The van der Waals surface area contributed by atoms with Crippen molar-refractivity contribution in [2.45, 2.75) is 74.5 Å². The molecule has 3 N–H and O–H groups in total. The third kappa shape index (κ3) is 3.44. The minimum absolute atomic E-state index is 0.0353. The van der Waals surface area contributed by atoms with E-state index in [1.165, 1.54) is 14.2 Å². The maximum Gasteiger partial charge on any atom is 0.172 e. The lowest BCUT2D eigenvalue weighted by atomic mass is 9.71. The standard InChI is InChI=1S/C18H30O8/c1-23-12-6-8(4-5-9(12)19)15-18(25-3)14(22)13-10(20)7-11(21)16(24-2)17(13)26-15/h8-13,15-21H,4-7H2,1-3H3. The molecule has 10 atom stereocenters. The summed E-state index contributed by atoms with van der Waals surface area (Å²) in [4.78, 5) is 13.1. The summed E-state index contributed by atoms with van der Waals surface area (Å²) in [6, 6.07) is 0. The van der Waals surface area contributed by atoms with Gasteiger partial charge in [0.25, 0.3) is 0 Å². The molecule has 3 rings (SSSR count). The molecule has 0 spiro atoms. The number of ether oxygens (including phenoxy) is 4. The minimum Gasteiger partial charge on any atom is -0.392 e. The molecule has 0 aromatic carbocycles. The van der Waals surface area contributed by atoms with E-state index in [-0.39, 0.29) is 24.2 Å². The summed E-state index contributed by atoms with van der Waals surface area (Å²) in [5.74, 6) is -1.03. The number of carbonyl (C=O) groups excluding carboxylic acids is 1. The molecule has 10 unspecified atom stereocenters. The molecule has 8 heteroatoms. The van der Waals surface area contributed by atoms with E-state index in [1.807, 2.05) is 0 Å². The summed E-state index contributed by atoms with van der Waals surface area (Å²) in [6.07, 6.45) is -3.62. The highest BCUT2D eigenvalue weighted by molar-refractivity contribution is 5.88. The molecule has 2 saturated carbocycles. The first-order valence-electron chi connectivity index (χ1n) is 9.24. The van der Waals surface area contributed by atoms with Gasteiger partial charge < -0.3 is 34.3 Å². The first kappa shape index (κ1) is 20.1. The Balaban J connectivity index is 1.85. The Morgan fingerprint density at radius 1 is 0.885 bits per heavy atom. The third-order valence-electron chi connectivity index (χ3n) is 6.27. The van der Waals surface area contributed by atoms with Crippen LogP contribution in [0.1, 0.15) is 25.7 Å². The lowest BCUT2D eigenvalue weighted by molar-refractivity contribution is -0.245. The Hall–Kier alpha value is -0.610. The Kier molecular flexibility index (Phi) is 6.33. The van der Waals surface area contributed by atoms with Crippen molar-refractivity contribution in [3.8, 4) is 0 Å². The van der Waals surface area contributed by atoms with Crippen molar-refractivity contribution < 1.29 is 39.1 Å².